The van der Waals surface area contributed by atoms with Crippen LogP contribution in [0.15, 0.2) is 0 Å². The minimum atomic E-state index is -4.97. The molecule has 49 heavy (non-hydrogen) atoms. The summed E-state index contributed by atoms with van der Waals surface area (Å²) < 4.78 is 46.3. The molecule has 15 N–H and O–H groups in total. The van der Waals surface area contributed by atoms with Gasteiger partial charge in [-0.2, -0.15) is 23.5 Å². The lowest BCUT2D eigenvalue weighted by Crippen LogP contribution is -2.49. The standard InChI is InChI=1S/C24H43N8O14PS2/c25-13(23(41)42)1-3-17(33)30-15(21(39)28-9-19(35)36)11-48-7-5-32(47(27,45)46)6-8-49-12-16(22(40)29-10-20(37)38)31-18(34)4-2-14(26)24(43)44/h13-16H,1-12,25-26H2,(H,28,39)(H,29,40)(H,30,33)(H,31,34)(H,35,36)(H,37,38)(H,41,42)(H,43,44)(H3,27,45,46)/t13-,14-,15-,16-/m0/s1/i7D2,8D2. The molecule has 0 rings (SSSR count). The van der Waals surface area contributed by atoms with E-state index in [-0.39, 0.29) is 36.4 Å². The van der Waals surface area contributed by atoms with Crippen LogP contribution < -0.4 is 38.2 Å². The first-order valence-electron chi connectivity index (χ1n) is 15.8. The summed E-state index contributed by atoms with van der Waals surface area (Å²) in [5.74, 6) is -11.0. The number of carbonyl (C=O) groups is 8. The summed E-state index contributed by atoms with van der Waals surface area (Å²) in [6.45, 7) is -3.96. The van der Waals surface area contributed by atoms with Crippen molar-refractivity contribution in [1.29, 1.82) is 0 Å². The van der Waals surface area contributed by atoms with Crippen molar-refractivity contribution in [1.82, 2.24) is 25.9 Å². The lowest BCUT2D eigenvalue weighted by Gasteiger charge is -2.25. The number of thioether (sulfide) groups is 2. The first-order valence-corrected chi connectivity index (χ1v) is 17.5. The molecule has 0 fully saturated rings. The Morgan fingerprint density at radius 3 is 1.35 bits per heavy atom. The first kappa shape index (κ1) is 38.3. The number of amides is 4. The molecule has 0 aliphatic rings. The van der Waals surface area contributed by atoms with Crippen LogP contribution in [0, 0.1) is 0 Å². The summed E-state index contributed by atoms with van der Waals surface area (Å²) in [6, 6.07) is -6.08. The Balaban J connectivity index is 5.85. The normalized spacial score (nSPS) is 16.5. The summed E-state index contributed by atoms with van der Waals surface area (Å²) in [4.78, 5) is 104. The summed E-state index contributed by atoms with van der Waals surface area (Å²) in [6.07, 6.45) is -1.67. The van der Waals surface area contributed by atoms with Crippen LogP contribution in [0.5, 0.6) is 0 Å². The van der Waals surface area contributed by atoms with Gasteiger partial charge in [0.1, 0.15) is 37.3 Å². The predicted molar refractivity (Wildman–Crippen MR) is 175 cm³/mol. The largest absolute Gasteiger partial charge is 0.480 e. The van der Waals surface area contributed by atoms with Gasteiger partial charge in [0.2, 0.25) is 23.6 Å². The highest BCUT2D eigenvalue weighted by molar-refractivity contribution is 7.99. The number of nitrogens with one attached hydrogen (secondary N) is 4. The van der Waals surface area contributed by atoms with Gasteiger partial charge in [-0.15, -0.1) is 0 Å². The van der Waals surface area contributed by atoms with Crippen LogP contribution in [0.1, 0.15) is 31.2 Å². The van der Waals surface area contributed by atoms with E-state index in [9.17, 15) is 47.8 Å². The van der Waals surface area contributed by atoms with Crippen LogP contribution >= 0.6 is 31.2 Å². The second kappa shape index (κ2) is 23.8. The Bertz CT molecular complexity index is 1310. The SMILES string of the molecule is [2H]C([2H])(CN(CC([2H])([2H])SC[C@H](NC(=O)CC[C@H](N)C(=O)O)C(=O)NCC(=O)O)P(N)(=O)O)SC[C@H](NC(=O)CC[C@H](N)C(=O)O)C(=O)NCC(=O)O. The van der Waals surface area contributed by atoms with E-state index in [1.807, 2.05) is 10.6 Å². The van der Waals surface area contributed by atoms with Crippen molar-refractivity contribution in [2.45, 2.75) is 49.9 Å². The highest BCUT2D eigenvalue weighted by Crippen LogP contribution is 2.35. The number of aliphatic carboxylic acids is 4. The number of carboxylic acids is 4. The molecule has 0 aliphatic carbocycles. The molecular formula is C24H43N8O14PS2. The highest BCUT2D eigenvalue weighted by atomic mass is 32.2. The number of hydrogen-bond donors (Lipinski definition) is 12. The van der Waals surface area contributed by atoms with E-state index in [0.29, 0.717) is 4.67 Å². The lowest BCUT2D eigenvalue weighted by atomic mass is 10.1. The molecule has 0 aromatic heterocycles. The van der Waals surface area contributed by atoms with Crippen LogP contribution in [0.4, 0.5) is 0 Å². The Kier molecular flexibility index (Phi) is 18.6. The monoisotopic (exact) mass is 766 g/mol. The molecule has 0 saturated carbocycles. The third-order valence-corrected chi connectivity index (χ3v) is 8.49. The van der Waals surface area contributed by atoms with Gasteiger partial charge in [-0.05, 0) is 12.8 Å². The van der Waals surface area contributed by atoms with Gasteiger partial charge in [-0.1, -0.05) is 0 Å². The van der Waals surface area contributed by atoms with E-state index in [1.54, 1.807) is 0 Å². The van der Waals surface area contributed by atoms with Gasteiger partial charge in [-0.25, -0.2) is 10.2 Å². The summed E-state index contributed by atoms with van der Waals surface area (Å²) in [5, 5.41) is 43.9. The number of rotatable bonds is 27. The Morgan fingerprint density at radius 1 is 0.714 bits per heavy atom. The average molecular weight is 767 g/mol. The average Bonchev–Trinajstić information content (AvgIpc) is 3.02. The van der Waals surface area contributed by atoms with Gasteiger partial charge in [0, 0.05) is 54.3 Å². The first-order chi connectivity index (χ1) is 24.2. The molecule has 0 aromatic carbocycles. The molecule has 0 spiro atoms. The van der Waals surface area contributed by atoms with Crippen LogP contribution in [0.2, 0.25) is 0 Å². The molecule has 0 aromatic rings. The summed E-state index contributed by atoms with van der Waals surface area (Å²) in [7, 11) is -4.97. The number of hydrogen-bond acceptors (Lipinski definition) is 13. The second-order valence-corrected chi connectivity index (χ2v) is 13.3. The maximum Gasteiger partial charge on any atom is 0.338 e. The van der Waals surface area contributed by atoms with Crippen molar-refractivity contribution in [2.75, 3.05) is 49.1 Å². The van der Waals surface area contributed by atoms with E-state index in [4.69, 9.17) is 42.9 Å². The Labute approximate surface area is 294 Å². The molecule has 25 heteroatoms. The fourth-order valence-electron chi connectivity index (χ4n) is 3.07. The van der Waals surface area contributed by atoms with Gasteiger partial charge in [0.25, 0.3) is 0 Å². The number of carbonyl (C=O) groups excluding carboxylic acids is 4. The van der Waals surface area contributed by atoms with Crippen molar-refractivity contribution in [3.8, 4) is 0 Å². The molecule has 0 radical (unpaired) electrons. The molecule has 0 saturated heterocycles. The van der Waals surface area contributed by atoms with Crippen molar-refractivity contribution in [2.24, 2.45) is 17.0 Å². The zero-order chi connectivity index (χ0) is 41.3. The van der Waals surface area contributed by atoms with Crippen molar-refractivity contribution in [3.05, 3.63) is 0 Å². The second-order valence-electron chi connectivity index (χ2n) is 9.75. The van der Waals surface area contributed by atoms with E-state index in [0.717, 1.165) is 0 Å². The third kappa shape index (κ3) is 22.0. The zero-order valence-corrected chi connectivity index (χ0v) is 28.3. The van der Waals surface area contributed by atoms with Crippen LogP contribution in [-0.4, -0.2) is 151 Å². The highest BCUT2D eigenvalue weighted by Gasteiger charge is 2.26. The van der Waals surface area contributed by atoms with Gasteiger partial charge in [0.05, 0.1) is 0 Å². The van der Waals surface area contributed by atoms with Crippen molar-refractivity contribution < 1.29 is 73.7 Å². The zero-order valence-electron chi connectivity index (χ0n) is 29.7. The molecule has 5 atom stereocenters. The van der Waals surface area contributed by atoms with E-state index in [2.05, 4.69) is 10.6 Å². The summed E-state index contributed by atoms with van der Waals surface area (Å²) >= 11 is 0.550. The molecule has 22 nitrogen and oxygen atoms in total. The third-order valence-electron chi connectivity index (χ3n) is 5.73. The quantitative estimate of drug-likeness (QED) is 0.0351. The summed E-state index contributed by atoms with van der Waals surface area (Å²) in [5.41, 5.74) is 10.8. The van der Waals surface area contributed by atoms with E-state index < -0.39 is 141 Å². The fraction of sp³-hybridized carbons (Fsp3) is 0.667. The van der Waals surface area contributed by atoms with E-state index >= 15 is 0 Å². The van der Waals surface area contributed by atoms with Crippen molar-refractivity contribution in [3.63, 3.8) is 0 Å². The maximum atomic E-state index is 12.6. The minimum absolute atomic E-state index is 0.275. The molecule has 280 valence electrons. The van der Waals surface area contributed by atoms with E-state index in [1.165, 1.54) is 0 Å². The van der Waals surface area contributed by atoms with Gasteiger partial charge >= 0.3 is 31.5 Å². The Morgan fingerprint density at radius 2 is 1.06 bits per heavy atom. The smallest absolute Gasteiger partial charge is 0.338 e. The Hall–Kier alpha value is -3.51. The predicted octanol–water partition coefficient (Wildman–Crippen LogP) is -4.43. The van der Waals surface area contributed by atoms with Crippen LogP contribution in [0.3, 0.4) is 0 Å². The van der Waals surface area contributed by atoms with Crippen LogP contribution in [0.25, 0.3) is 0 Å². The lowest BCUT2D eigenvalue weighted by molar-refractivity contribution is -0.140. The molecular weight excluding hydrogens is 719 g/mol. The number of carboxylic acid groups (broad SMARTS) is 4. The van der Waals surface area contributed by atoms with Crippen molar-refractivity contribution >= 4 is 78.7 Å². The number of nitrogens with zero attached hydrogens (tertiary/aromatic N) is 1. The van der Waals surface area contributed by atoms with Gasteiger partial charge in [0.15, 0.2) is 0 Å². The van der Waals surface area contributed by atoms with Gasteiger partial charge < -0.3 is 58.1 Å². The molecule has 1 unspecified atom stereocenters. The maximum absolute atomic E-state index is 12.6. The molecule has 0 heterocycles. The van der Waals surface area contributed by atoms with Crippen LogP contribution in [-0.2, 0) is 42.9 Å². The van der Waals surface area contributed by atoms with Gasteiger partial charge in [-0.3, -0.25) is 42.9 Å². The number of nitrogens with two attached hydrogens (primary N) is 3. The molecule has 0 aliphatic heterocycles. The molecule has 4 amide bonds. The topological polar surface area (TPSA) is 384 Å². The fourth-order valence-corrected chi connectivity index (χ4v) is 5.34. The molecule has 0 bridgehead atoms. The minimum Gasteiger partial charge on any atom is -0.480 e.